The summed E-state index contributed by atoms with van der Waals surface area (Å²) in [5.41, 5.74) is 0. The number of aliphatic hydroxyl groups is 3. The lowest BCUT2D eigenvalue weighted by Gasteiger charge is -2.40. The standard InChI is InChI=1S/C47H70O12S/c1-3-5-7-9-11-13-15-17-18-19-20-21-22-24-26-28-30-32-34-36-43(49)58-40(38-57-47-46(52)45(51)44(50)41(59-47)39-60(53,54)55)37-56-42(48)35-33-31-29-27-25-23-16-14-12-10-8-6-4-2/h5-8,11-14,17-18,20-21,23-26,29-32,40-41,44-47,50-52H,3-4,9-10,15-16,19,22,27-28,33-39H2,1-2H3,(H,53,54,55)/b7-5-,8-6-,13-11-,14-12-,18-17-,21-20-,25-23-,26-24-,31-29-,32-30-. The Labute approximate surface area is 358 Å². The van der Waals surface area contributed by atoms with Crippen LogP contribution >= 0.6 is 0 Å². The van der Waals surface area contributed by atoms with Gasteiger partial charge in [0.15, 0.2) is 12.4 Å². The van der Waals surface area contributed by atoms with Gasteiger partial charge in [0.05, 0.1) is 6.61 Å². The molecule has 0 aliphatic carbocycles. The van der Waals surface area contributed by atoms with Crippen LogP contribution in [0.15, 0.2) is 122 Å². The van der Waals surface area contributed by atoms with E-state index < -0.39 is 71.2 Å². The molecule has 1 heterocycles. The Morgan fingerprint density at radius 2 is 0.933 bits per heavy atom. The third-order valence-corrected chi connectivity index (χ3v) is 9.31. The Kier molecular flexibility index (Phi) is 32.2. The first-order chi connectivity index (χ1) is 29.0. The molecule has 0 aromatic rings. The number of esters is 2. The molecule has 12 nitrogen and oxygen atoms in total. The molecule has 1 fully saturated rings. The second-order valence-electron chi connectivity index (χ2n) is 13.9. The van der Waals surface area contributed by atoms with Gasteiger partial charge in [-0.15, -0.1) is 0 Å². The topological polar surface area (TPSA) is 186 Å². The van der Waals surface area contributed by atoms with E-state index in [9.17, 15) is 37.9 Å². The first-order valence-corrected chi connectivity index (χ1v) is 22.7. The third-order valence-electron chi connectivity index (χ3n) is 8.56. The van der Waals surface area contributed by atoms with E-state index in [0.717, 1.165) is 57.8 Å². The van der Waals surface area contributed by atoms with E-state index in [2.05, 4.69) is 98.9 Å². The molecule has 336 valence electrons. The summed E-state index contributed by atoms with van der Waals surface area (Å²) < 4.78 is 53.8. The Hall–Kier alpha value is -3.95. The van der Waals surface area contributed by atoms with E-state index in [4.69, 9.17) is 18.9 Å². The second-order valence-corrected chi connectivity index (χ2v) is 15.4. The molecule has 0 bridgehead atoms. The quantitative estimate of drug-likeness (QED) is 0.0289. The summed E-state index contributed by atoms with van der Waals surface area (Å²) in [6, 6.07) is 0. The average Bonchev–Trinajstić information content (AvgIpc) is 3.21. The molecule has 0 aromatic heterocycles. The number of rotatable bonds is 32. The highest BCUT2D eigenvalue weighted by Crippen LogP contribution is 2.23. The Balaban J connectivity index is 2.59. The predicted octanol–water partition coefficient (Wildman–Crippen LogP) is 8.22. The molecule has 0 amide bonds. The largest absolute Gasteiger partial charge is 0.462 e. The normalized spacial score (nSPS) is 21.3. The summed E-state index contributed by atoms with van der Waals surface area (Å²) in [5, 5.41) is 30.8. The zero-order valence-electron chi connectivity index (χ0n) is 35.5. The first kappa shape index (κ1) is 54.1. The van der Waals surface area contributed by atoms with Gasteiger partial charge in [-0.05, 0) is 77.0 Å². The number of ether oxygens (including phenoxy) is 4. The highest BCUT2D eigenvalue weighted by molar-refractivity contribution is 7.85. The van der Waals surface area contributed by atoms with Gasteiger partial charge in [0, 0.05) is 12.8 Å². The molecule has 0 spiro atoms. The van der Waals surface area contributed by atoms with Gasteiger partial charge in [0.25, 0.3) is 10.1 Å². The molecule has 4 N–H and O–H groups in total. The van der Waals surface area contributed by atoms with E-state index in [1.165, 1.54) is 0 Å². The van der Waals surface area contributed by atoms with Crippen LogP contribution < -0.4 is 0 Å². The Bertz CT molecular complexity index is 1570. The molecule has 0 radical (unpaired) electrons. The maximum absolute atomic E-state index is 12.8. The summed E-state index contributed by atoms with van der Waals surface area (Å²) in [4.78, 5) is 25.3. The van der Waals surface area contributed by atoms with Crippen LogP contribution in [0, 0.1) is 0 Å². The van der Waals surface area contributed by atoms with Crippen molar-refractivity contribution in [1.29, 1.82) is 0 Å². The number of carbonyl (C=O) groups is 2. The molecule has 6 unspecified atom stereocenters. The fourth-order valence-corrected chi connectivity index (χ4v) is 6.05. The van der Waals surface area contributed by atoms with Crippen LogP contribution in [0.2, 0.25) is 0 Å². The highest BCUT2D eigenvalue weighted by atomic mass is 32.2. The van der Waals surface area contributed by atoms with Crippen molar-refractivity contribution in [3.8, 4) is 0 Å². The molecule has 6 atom stereocenters. The van der Waals surface area contributed by atoms with Crippen LogP contribution in [0.1, 0.15) is 104 Å². The molecule has 60 heavy (non-hydrogen) atoms. The van der Waals surface area contributed by atoms with E-state index in [1.54, 1.807) is 0 Å². The van der Waals surface area contributed by atoms with Gasteiger partial charge in [0.1, 0.15) is 36.8 Å². The van der Waals surface area contributed by atoms with E-state index in [0.29, 0.717) is 19.3 Å². The molecule has 0 saturated carbocycles. The van der Waals surface area contributed by atoms with Gasteiger partial charge in [0.2, 0.25) is 0 Å². The summed E-state index contributed by atoms with van der Waals surface area (Å²) in [6.45, 7) is 3.36. The van der Waals surface area contributed by atoms with Crippen LogP contribution in [-0.4, -0.2) is 96.0 Å². The number of carbonyl (C=O) groups excluding carboxylic acids is 2. The molecular weight excluding hydrogens is 789 g/mol. The van der Waals surface area contributed by atoms with Gasteiger partial charge in [-0.2, -0.15) is 8.42 Å². The van der Waals surface area contributed by atoms with Gasteiger partial charge in [-0.25, -0.2) is 0 Å². The fourth-order valence-electron chi connectivity index (χ4n) is 5.36. The zero-order valence-corrected chi connectivity index (χ0v) is 36.3. The number of hydrogen-bond acceptors (Lipinski definition) is 11. The van der Waals surface area contributed by atoms with Crippen LogP contribution in [0.3, 0.4) is 0 Å². The summed E-state index contributed by atoms with van der Waals surface area (Å²) >= 11 is 0. The van der Waals surface area contributed by atoms with Crippen molar-refractivity contribution in [3.05, 3.63) is 122 Å². The Morgan fingerprint density at radius 3 is 1.33 bits per heavy atom. The van der Waals surface area contributed by atoms with Crippen molar-refractivity contribution in [2.24, 2.45) is 0 Å². The highest BCUT2D eigenvalue weighted by Gasteiger charge is 2.46. The van der Waals surface area contributed by atoms with Gasteiger partial charge in [-0.3, -0.25) is 14.1 Å². The maximum Gasteiger partial charge on any atom is 0.306 e. The van der Waals surface area contributed by atoms with Gasteiger partial charge in [-0.1, -0.05) is 135 Å². The minimum atomic E-state index is -4.63. The number of hydrogen-bond donors (Lipinski definition) is 4. The van der Waals surface area contributed by atoms with E-state index >= 15 is 0 Å². The minimum absolute atomic E-state index is 0.0162. The van der Waals surface area contributed by atoms with Gasteiger partial charge < -0.3 is 34.3 Å². The Morgan fingerprint density at radius 1 is 0.550 bits per heavy atom. The lowest BCUT2D eigenvalue weighted by molar-refractivity contribution is -0.297. The predicted molar refractivity (Wildman–Crippen MR) is 237 cm³/mol. The van der Waals surface area contributed by atoms with Crippen molar-refractivity contribution in [1.82, 2.24) is 0 Å². The van der Waals surface area contributed by atoms with Gasteiger partial charge >= 0.3 is 11.9 Å². The number of allylic oxidation sites excluding steroid dienone is 20. The van der Waals surface area contributed by atoms with Crippen LogP contribution in [0.4, 0.5) is 0 Å². The maximum atomic E-state index is 12.8. The molecular formula is C47H70O12S. The molecule has 13 heteroatoms. The first-order valence-electron chi connectivity index (χ1n) is 21.1. The van der Waals surface area contributed by atoms with Crippen LogP contribution in [0.25, 0.3) is 0 Å². The van der Waals surface area contributed by atoms with E-state index in [-0.39, 0.29) is 19.4 Å². The SMILES string of the molecule is CC/C=C\C/C=C\C/C=C\C/C=C\C/C=C\C/C=C\CCC(=O)OC(COC(=O)CC/C=C\C/C=C\C/C=C\C/C=C\CC)COC1OC(CS(=O)(=O)O)C(O)C(O)C1O. The monoisotopic (exact) mass is 858 g/mol. The van der Waals surface area contributed by atoms with Crippen LogP contribution in [-0.2, 0) is 38.7 Å². The van der Waals surface area contributed by atoms with Crippen molar-refractivity contribution >= 4 is 22.1 Å². The molecule has 1 aliphatic rings. The second kappa shape index (κ2) is 35.8. The summed E-state index contributed by atoms with van der Waals surface area (Å²) in [6.07, 6.45) is 41.4. The smallest absolute Gasteiger partial charge is 0.306 e. The third kappa shape index (κ3) is 30.1. The van der Waals surface area contributed by atoms with Crippen molar-refractivity contribution in [3.63, 3.8) is 0 Å². The molecule has 1 rings (SSSR count). The zero-order chi connectivity index (χ0) is 44.1. The number of aliphatic hydroxyl groups excluding tert-OH is 3. The van der Waals surface area contributed by atoms with Crippen LogP contribution in [0.5, 0.6) is 0 Å². The minimum Gasteiger partial charge on any atom is -0.462 e. The lowest BCUT2D eigenvalue weighted by Crippen LogP contribution is -2.60. The lowest BCUT2D eigenvalue weighted by atomic mass is 10.00. The summed E-state index contributed by atoms with van der Waals surface area (Å²) in [7, 11) is -4.63. The molecule has 1 aliphatic heterocycles. The molecule has 1 saturated heterocycles. The average molecular weight is 859 g/mol. The van der Waals surface area contributed by atoms with Crippen molar-refractivity contribution in [2.45, 2.75) is 141 Å². The van der Waals surface area contributed by atoms with Crippen molar-refractivity contribution in [2.75, 3.05) is 19.0 Å². The van der Waals surface area contributed by atoms with Crippen molar-refractivity contribution < 1.29 is 56.8 Å². The fraction of sp³-hybridized carbons (Fsp3) is 0.532. The molecule has 0 aromatic carbocycles. The van der Waals surface area contributed by atoms with E-state index in [1.807, 2.05) is 36.5 Å². The summed E-state index contributed by atoms with van der Waals surface area (Å²) in [5.74, 6) is -2.22.